The Hall–Kier alpha value is -1.98. The summed E-state index contributed by atoms with van der Waals surface area (Å²) in [4.78, 5) is 19.1. The molecule has 1 amide bonds. The summed E-state index contributed by atoms with van der Waals surface area (Å²) >= 11 is 3.33. The van der Waals surface area contributed by atoms with Crippen molar-refractivity contribution in [2.24, 2.45) is 0 Å². The van der Waals surface area contributed by atoms with E-state index in [1.165, 1.54) is 0 Å². The summed E-state index contributed by atoms with van der Waals surface area (Å²) in [7, 11) is 0. The van der Waals surface area contributed by atoms with Gasteiger partial charge in [-0.25, -0.2) is 4.98 Å². The third kappa shape index (κ3) is 3.51. The Morgan fingerprint density at radius 1 is 1.17 bits per heavy atom. The maximum absolute atomic E-state index is 12.4. The molecule has 0 bridgehead atoms. The van der Waals surface area contributed by atoms with Crippen LogP contribution in [0, 0.1) is 20.8 Å². The van der Waals surface area contributed by atoms with Crippen molar-refractivity contribution in [1.82, 2.24) is 10.3 Å². The third-order valence-corrected chi connectivity index (χ3v) is 5.69. The predicted molar refractivity (Wildman–Crippen MR) is 97.3 cm³/mol. The standard InChI is InChI=1S/C18H18N2OS2/c1-11-5-4-6-15(12(11)2)18(21)19-9-14-7-8-17(23-14)16-10-22-13(3)20-16/h4-8,10H,9H2,1-3H3,(H,19,21). The molecule has 0 aliphatic carbocycles. The van der Waals surface area contributed by atoms with Crippen LogP contribution in [0.4, 0.5) is 0 Å². The molecule has 1 N–H and O–H groups in total. The van der Waals surface area contributed by atoms with E-state index in [0.717, 1.165) is 37.1 Å². The topological polar surface area (TPSA) is 42.0 Å². The maximum Gasteiger partial charge on any atom is 0.251 e. The minimum atomic E-state index is -0.0225. The van der Waals surface area contributed by atoms with Crippen molar-refractivity contribution in [2.45, 2.75) is 27.3 Å². The average Bonchev–Trinajstić information content (AvgIpc) is 3.16. The molecule has 1 aromatic carbocycles. The number of amides is 1. The molecular formula is C18H18N2OS2. The van der Waals surface area contributed by atoms with Crippen molar-refractivity contribution in [3.8, 4) is 10.6 Å². The van der Waals surface area contributed by atoms with Gasteiger partial charge in [-0.15, -0.1) is 22.7 Å². The zero-order valence-electron chi connectivity index (χ0n) is 13.3. The number of nitrogens with one attached hydrogen (secondary N) is 1. The van der Waals surface area contributed by atoms with Gasteiger partial charge in [-0.05, 0) is 50.1 Å². The van der Waals surface area contributed by atoms with E-state index in [1.54, 1.807) is 22.7 Å². The van der Waals surface area contributed by atoms with Crippen molar-refractivity contribution in [1.29, 1.82) is 0 Å². The highest BCUT2D eigenvalue weighted by atomic mass is 32.1. The Morgan fingerprint density at radius 2 is 2.00 bits per heavy atom. The number of rotatable bonds is 4. The molecular weight excluding hydrogens is 324 g/mol. The van der Waals surface area contributed by atoms with Crippen molar-refractivity contribution in [3.05, 3.63) is 62.3 Å². The lowest BCUT2D eigenvalue weighted by molar-refractivity contribution is 0.0950. The van der Waals surface area contributed by atoms with Crippen LogP contribution in [0.5, 0.6) is 0 Å². The van der Waals surface area contributed by atoms with Gasteiger partial charge in [0.2, 0.25) is 0 Å². The molecule has 118 valence electrons. The smallest absolute Gasteiger partial charge is 0.251 e. The van der Waals surface area contributed by atoms with E-state index in [-0.39, 0.29) is 5.91 Å². The van der Waals surface area contributed by atoms with E-state index in [1.807, 2.05) is 39.0 Å². The maximum atomic E-state index is 12.4. The Bertz CT molecular complexity index is 848. The molecule has 0 radical (unpaired) electrons. The fraction of sp³-hybridized carbons (Fsp3) is 0.222. The summed E-state index contributed by atoms with van der Waals surface area (Å²) in [6.45, 7) is 6.55. The molecule has 23 heavy (non-hydrogen) atoms. The lowest BCUT2D eigenvalue weighted by Gasteiger charge is -2.08. The van der Waals surface area contributed by atoms with Crippen LogP contribution in [0.15, 0.2) is 35.7 Å². The lowest BCUT2D eigenvalue weighted by Crippen LogP contribution is -2.23. The normalized spacial score (nSPS) is 10.7. The number of aryl methyl sites for hydroxylation is 2. The summed E-state index contributed by atoms with van der Waals surface area (Å²) in [5, 5.41) is 6.14. The molecule has 2 heterocycles. The summed E-state index contributed by atoms with van der Waals surface area (Å²) in [6, 6.07) is 9.94. The Kier molecular flexibility index (Phi) is 4.59. The highest BCUT2D eigenvalue weighted by Gasteiger charge is 2.11. The molecule has 5 heteroatoms. The monoisotopic (exact) mass is 342 g/mol. The Labute approximate surface area is 144 Å². The van der Waals surface area contributed by atoms with E-state index < -0.39 is 0 Å². The Morgan fingerprint density at radius 3 is 2.74 bits per heavy atom. The van der Waals surface area contributed by atoms with Crippen molar-refractivity contribution >= 4 is 28.6 Å². The number of nitrogens with zero attached hydrogens (tertiary/aromatic N) is 1. The summed E-state index contributed by atoms with van der Waals surface area (Å²) in [6.07, 6.45) is 0. The second-order valence-electron chi connectivity index (χ2n) is 5.45. The molecule has 0 saturated heterocycles. The van der Waals surface area contributed by atoms with Crippen molar-refractivity contribution in [3.63, 3.8) is 0 Å². The molecule has 3 rings (SSSR count). The van der Waals surface area contributed by atoms with Gasteiger partial charge in [0.25, 0.3) is 5.91 Å². The minimum Gasteiger partial charge on any atom is -0.347 e. The first-order valence-corrected chi connectivity index (χ1v) is 9.10. The zero-order chi connectivity index (χ0) is 16.4. The van der Waals surface area contributed by atoms with Gasteiger partial charge in [0.15, 0.2) is 0 Å². The molecule has 0 atom stereocenters. The molecule has 3 nitrogen and oxygen atoms in total. The van der Waals surface area contributed by atoms with Gasteiger partial charge in [-0.3, -0.25) is 4.79 Å². The number of aromatic nitrogens is 1. The third-order valence-electron chi connectivity index (χ3n) is 3.81. The first kappa shape index (κ1) is 15.9. The second-order valence-corrected chi connectivity index (χ2v) is 7.68. The van der Waals surface area contributed by atoms with E-state index in [2.05, 4.69) is 27.8 Å². The van der Waals surface area contributed by atoms with Crippen molar-refractivity contribution in [2.75, 3.05) is 0 Å². The summed E-state index contributed by atoms with van der Waals surface area (Å²) in [5.74, 6) is -0.0225. The number of carbonyl (C=O) groups is 1. The van der Waals surface area contributed by atoms with Crippen LogP contribution in [0.3, 0.4) is 0 Å². The van der Waals surface area contributed by atoms with Crippen LogP contribution in [0.1, 0.15) is 31.4 Å². The molecule has 2 aromatic heterocycles. The number of thiophene rings is 1. The SMILES string of the molecule is Cc1nc(-c2ccc(CNC(=O)c3cccc(C)c3C)s2)cs1. The molecule has 0 aliphatic rings. The predicted octanol–water partition coefficient (Wildman–Crippen LogP) is 4.73. The molecule has 0 fully saturated rings. The number of carbonyl (C=O) groups excluding carboxylic acids is 1. The first-order valence-electron chi connectivity index (χ1n) is 7.40. The molecule has 3 aromatic rings. The molecule has 0 unspecified atom stereocenters. The number of benzene rings is 1. The molecule has 0 spiro atoms. The summed E-state index contributed by atoms with van der Waals surface area (Å²) < 4.78 is 0. The van der Waals surface area contributed by atoms with E-state index >= 15 is 0 Å². The fourth-order valence-electron chi connectivity index (χ4n) is 2.35. The lowest BCUT2D eigenvalue weighted by atomic mass is 10.0. The van der Waals surface area contributed by atoms with Gasteiger partial charge >= 0.3 is 0 Å². The number of thiazole rings is 1. The van der Waals surface area contributed by atoms with Crippen LogP contribution in [-0.4, -0.2) is 10.9 Å². The van der Waals surface area contributed by atoms with E-state index in [4.69, 9.17) is 0 Å². The highest BCUT2D eigenvalue weighted by Crippen LogP contribution is 2.29. The zero-order valence-corrected chi connectivity index (χ0v) is 15.0. The van der Waals surface area contributed by atoms with Crippen LogP contribution in [0.25, 0.3) is 10.6 Å². The largest absolute Gasteiger partial charge is 0.347 e. The van der Waals surface area contributed by atoms with Crippen LogP contribution in [-0.2, 0) is 6.54 Å². The van der Waals surface area contributed by atoms with E-state index in [9.17, 15) is 4.79 Å². The fourth-order valence-corrected chi connectivity index (χ4v) is 3.94. The van der Waals surface area contributed by atoms with Gasteiger partial charge in [0.1, 0.15) is 0 Å². The van der Waals surface area contributed by atoms with Gasteiger partial charge in [-0.1, -0.05) is 12.1 Å². The van der Waals surface area contributed by atoms with Crippen LogP contribution < -0.4 is 5.32 Å². The van der Waals surface area contributed by atoms with E-state index in [0.29, 0.717) is 6.54 Å². The van der Waals surface area contributed by atoms with Gasteiger partial charge < -0.3 is 5.32 Å². The first-order chi connectivity index (χ1) is 11.0. The van der Waals surface area contributed by atoms with Gasteiger partial charge in [0.05, 0.1) is 22.1 Å². The quantitative estimate of drug-likeness (QED) is 0.745. The van der Waals surface area contributed by atoms with Gasteiger partial charge in [-0.2, -0.15) is 0 Å². The van der Waals surface area contributed by atoms with Crippen molar-refractivity contribution < 1.29 is 4.79 Å². The number of hydrogen-bond acceptors (Lipinski definition) is 4. The molecule has 0 saturated carbocycles. The average molecular weight is 342 g/mol. The van der Waals surface area contributed by atoms with Crippen LogP contribution >= 0.6 is 22.7 Å². The van der Waals surface area contributed by atoms with Crippen LogP contribution in [0.2, 0.25) is 0 Å². The summed E-state index contributed by atoms with van der Waals surface area (Å²) in [5.41, 5.74) is 3.94. The second kappa shape index (κ2) is 6.64. The van der Waals surface area contributed by atoms with Gasteiger partial charge in [0, 0.05) is 15.8 Å². The molecule has 0 aliphatic heterocycles. The minimum absolute atomic E-state index is 0.0225. The Balaban J connectivity index is 1.68. The highest BCUT2D eigenvalue weighted by molar-refractivity contribution is 7.16. The number of hydrogen-bond donors (Lipinski definition) is 1.